The van der Waals surface area contributed by atoms with Crippen molar-refractivity contribution in [3.05, 3.63) is 60.1 Å². The van der Waals surface area contributed by atoms with Crippen LogP contribution in [0.3, 0.4) is 0 Å². The molecule has 0 unspecified atom stereocenters. The molecule has 1 aliphatic rings. The molecule has 1 aromatic heterocycles. The van der Waals surface area contributed by atoms with Gasteiger partial charge in [0.1, 0.15) is 19.0 Å². The summed E-state index contributed by atoms with van der Waals surface area (Å²) < 4.78 is 22.1. The van der Waals surface area contributed by atoms with Crippen LogP contribution in [0.15, 0.2) is 53.1 Å². The number of hydrogen-bond acceptors (Lipinski definition) is 6. The Labute approximate surface area is 171 Å². The molecular weight excluding hydrogens is 372 g/mol. The zero-order chi connectivity index (χ0) is 20.3. The Morgan fingerprint density at radius 3 is 2.90 bits per heavy atom. The summed E-state index contributed by atoms with van der Waals surface area (Å²) in [7, 11) is 0. The largest absolute Gasteiger partial charge is 0.467 e. The molecule has 1 aromatic carbocycles. The number of morpholine rings is 1. The van der Waals surface area contributed by atoms with E-state index in [-0.39, 0.29) is 24.8 Å². The van der Waals surface area contributed by atoms with Gasteiger partial charge in [-0.25, -0.2) is 4.79 Å². The van der Waals surface area contributed by atoms with Gasteiger partial charge in [-0.2, -0.15) is 0 Å². The molecule has 2 aromatic rings. The summed E-state index contributed by atoms with van der Waals surface area (Å²) in [6, 6.07) is 13.6. The van der Waals surface area contributed by atoms with Crippen molar-refractivity contribution in [1.82, 2.24) is 10.2 Å². The average molecular weight is 402 g/mol. The molecule has 2 atom stereocenters. The minimum atomic E-state index is -0.291. The normalized spacial score (nSPS) is 17.8. The summed E-state index contributed by atoms with van der Waals surface area (Å²) in [5.74, 6) is 0.834. The third kappa shape index (κ3) is 7.20. The van der Waals surface area contributed by atoms with Crippen molar-refractivity contribution in [1.29, 1.82) is 0 Å². The molecule has 1 fully saturated rings. The molecule has 2 heterocycles. The van der Waals surface area contributed by atoms with Gasteiger partial charge in [-0.1, -0.05) is 30.3 Å². The van der Waals surface area contributed by atoms with Gasteiger partial charge in [-0.3, -0.25) is 0 Å². The van der Waals surface area contributed by atoms with E-state index in [0.29, 0.717) is 32.9 Å². The van der Waals surface area contributed by atoms with E-state index in [1.807, 2.05) is 42.5 Å². The second-order valence-electron chi connectivity index (χ2n) is 7.12. The lowest BCUT2D eigenvalue weighted by molar-refractivity contribution is -0.0419. The fourth-order valence-electron chi connectivity index (χ4n) is 3.16. The number of carbonyl (C=O) groups is 1. The first-order valence-corrected chi connectivity index (χ1v) is 10.1. The first-order valence-electron chi connectivity index (χ1n) is 10.1. The first kappa shape index (κ1) is 21.4. The van der Waals surface area contributed by atoms with Crippen LogP contribution in [0.2, 0.25) is 0 Å². The number of amides is 1. The predicted octanol–water partition coefficient (Wildman–Crippen LogP) is 3.20. The van der Waals surface area contributed by atoms with Crippen LogP contribution in [0.25, 0.3) is 0 Å². The van der Waals surface area contributed by atoms with Crippen LogP contribution in [-0.4, -0.2) is 56.0 Å². The number of nitrogens with zero attached hydrogens (tertiary/aromatic N) is 1. The molecule has 0 bridgehead atoms. The van der Waals surface area contributed by atoms with E-state index in [2.05, 4.69) is 12.2 Å². The minimum Gasteiger partial charge on any atom is -0.467 e. The Bertz CT molecular complexity index is 707. The molecule has 1 N–H and O–H groups in total. The van der Waals surface area contributed by atoms with Crippen molar-refractivity contribution in [2.75, 3.05) is 32.8 Å². The van der Waals surface area contributed by atoms with E-state index in [4.69, 9.17) is 18.6 Å². The maximum atomic E-state index is 12.4. The van der Waals surface area contributed by atoms with Crippen LogP contribution in [0.1, 0.15) is 24.7 Å². The zero-order valence-corrected chi connectivity index (χ0v) is 16.9. The summed E-state index contributed by atoms with van der Waals surface area (Å²) in [5.41, 5.74) is 0.981. The van der Waals surface area contributed by atoms with Gasteiger partial charge in [0.2, 0.25) is 0 Å². The summed E-state index contributed by atoms with van der Waals surface area (Å²) >= 11 is 0. The Hall–Kier alpha value is -2.35. The van der Waals surface area contributed by atoms with Crippen molar-refractivity contribution in [2.24, 2.45) is 0 Å². The molecule has 7 nitrogen and oxygen atoms in total. The van der Waals surface area contributed by atoms with Crippen molar-refractivity contribution in [2.45, 2.75) is 38.7 Å². The lowest BCUT2D eigenvalue weighted by atomic mass is 10.1. The molecule has 7 heteroatoms. The maximum absolute atomic E-state index is 12.4. The Morgan fingerprint density at radius 2 is 2.10 bits per heavy atom. The number of nitrogens with one attached hydrogen (secondary N) is 1. The van der Waals surface area contributed by atoms with Crippen LogP contribution >= 0.6 is 0 Å². The second-order valence-corrected chi connectivity index (χ2v) is 7.12. The summed E-state index contributed by atoms with van der Waals surface area (Å²) in [6.07, 6.45) is 2.19. The highest BCUT2D eigenvalue weighted by molar-refractivity contribution is 5.67. The minimum absolute atomic E-state index is 0.0583. The highest BCUT2D eigenvalue weighted by Crippen LogP contribution is 2.12. The highest BCUT2D eigenvalue weighted by Gasteiger charge is 2.28. The lowest BCUT2D eigenvalue weighted by Gasteiger charge is -2.35. The Morgan fingerprint density at radius 1 is 1.24 bits per heavy atom. The fourth-order valence-corrected chi connectivity index (χ4v) is 3.16. The van der Waals surface area contributed by atoms with Gasteiger partial charge >= 0.3 is 6.09 Å². The quantitative estimate of drug-likeness (QED) is 0.615. The first-order chi connectivity index (χ1) is 14.2. The molecule has 158 valence electrons. The average Bonchev–Trinajstić information content (AvgIpc) is 3.28. The van der Waals surface area contributed by atoms with Crippen LogP contribution in [0.5, 0.6) is 0 Å². The van der Waals surface area contributed by atoms with Gasteiger partial charge in [0, 0.05) is 19.2 Å². The van der Waals surface area contributed by atoms with E-state index in [1.165, 1.54) is 0 Å². The second kappa shape index (κ2) is 11.6. The maximum Gasteiger partial charge on any atom is 0.410 e. The van der Waals surface area contributed by atoms with Gasteiger partial charge in [0.25, 0.3) is 0 Å². The fraction of sp³-hybridized carbons (Fsp3) is 0.500. The van der Waals surface area contributed by atoms with Gasteiger partial charge in [0.05, 0.1) is 25.5 Å². The van der Waals surface area contributed by atoms with Crippen molar-refractivity contribution in [3.63, 3.8) is 0 Å². The molecule has 0 aliphatic carbocycles. The molecule has 1 amide bonds. The summed E-state index contributed by atoms with van der Waals surface area (Å²) in [4.78, 5) is 14.1. The highest BCUT2D eigenvalue weighted by atomic mass is 16.6. The van der Waals surface area contributed by atoms with E-state index in [1.54, 1.807) is 11.2 Å². The Balaban J connectivity index is 1.31. The van der Waals surface area contributed by atoms with Gasteiger partial charge in [-0.05, 0) is 37.6 Å². The number of hydrogen-bond donors (Lipinski definition) is 1. The predicted molar refractivity (Wildman–Crippen MR) is 108 cm³/mol. The molecule has 1 aliphatic heterocycles. The van der Waals surface area contributed by atoms with E-state index in [9.17, 15) is 4.79 Å². The van der Waals surface area contributed by atoms with Crippen LogP contribution in [-0.2, 0) is 27.4 Å². The van der Waals surface area contributed by atoms with E-state index in [0.717, 1.165) is 24.3 Å². The van der Waals surface area contributed by atoms with Crippen molar-refractivity contribution < 1.29 is 23.4 Å². The lowest BCUT2D eigenvalue weighted by Crippen LogP contribution is -2.53. The molecule has 1 saturated heterocycles. The summed E-state index contributed by atoms with van der Waals surface area (Å²) in [5, 5.41) is 3.46. The molecule has 3 rings (SSSR count). The number of ether oxygens (including phenoxy) is 3. The van der Waals surface area contributed by atoms with Gasteiger partial charge in [-0.15, -0.1) is 0 Å². The number of rotatable bonds is 10. The molecule has 0 saturated carbocycles. The van der Waals surface area contributed by atoms with E-state index < -0.39 is 0 Å². The molecular formula is C22H30N2O5. The van der Waals surface area contributed by atoms with Crippen LogP contribution < -0.4 is 5.32 Å². The molecule has 0 spiro atoms. The smallest absolute Gasteiger partial charge is 0.410 e. The standard InChI is InChI=1S/C22H30N2O5/c1-18(23-10-6-12-26-17-20-9-5-13-27-20)21-15-24(11-14-28-21)22(25)29-16-19-7-3-2-4-8-19/h2-5,7-9,13,18,21,23H,6,10-12,14-17H2,1H3/t18-,21-/m0/s1. The van der Waals surface area contributed by atoms with Crippen LogP contribution in [0, 0.1) is 0 Å². The monoisotopic (exact) mass is 402 g/mol. The number of benzene rings is 1. The number of carbonyl (C=O) groups excluding carboxylic acids is 1. The van der Waals surface area contributed by atoms with E-state index >= 15 is 0 Å². The van der Waals surface area contributed by atoms with Crippen molar-refractivity contribution >= 4 is 6.09 Å². The SMILES string of the molecule is C[C@H](NCCCOCc1ccco1)[C@@H]1CN(C(=O)OCc2ccccc2)CCO1. The van der Waals surface area contributed by atoms with Crippen LogP contribution in [0.4, 0.5) is 4.79 Å². The van der Waals surface area contributed by atoms with Gasteiger partial charge in [0.15, 0.2) is 0 Å². The summed E-state index contributed by atoms with van der Waals surface area (Å²) in [6.45, 7) is 5.92. The third-order valence-corrected chi connectivity index (χ3v) is 4.87. The molecule has 29 heavy (non-hydrogen) atoms. The molecule has 0 radical (unpaired) electrons. The Kier molecular flexibility index (Phi) is 8.55. The topological polar surface area (TPSA) is 73.2 Å². The zero-order valence-electron chi connectivity index (χ0n) is 16.9. The number of furan rings is 1. The van der Waals surface area contributed by atoms with Gasteiger partial charge < -0.3 is 28.8 Å². The third-order valence-electron chi connectivity index (χ3n) is 4.87. The van der Waals surface area contributed by atoms with Crippen molar-refractivity contribution in [3.8, 4) is 0 Å².